The number of benzene rings is 1. The van der Waals surface area contributed by atoms with Crippen LogP contribution in [-0.2, 0) is 0 Å². The van der Waals surface area contributed by atoms with Crippen molar-refractivity contribution in [2.24, 2.45) is 0 Å². The lowest BCUT2D eigenvalue weighted by molar-refractivity contribution is 0.619. The number of rotatable bonds is 2. The normalized spacial score (nSPS) is 11.4. The van der Waals surface area contributed by atoms with Crippen molar-refractivity contribution in [2.45, 2.75) is 39.5 Å². The lowest BCUT2D eigenvalue weighted by Crippen LogP contribution is -2.04. The van der Waals surface area contributed by atoms with Gasteiger partial charge in [0.25, 0.3) is 0 Å². The van der Waals surface area contributed by atoms with Gasteiger partial charge in [0.2, 0.25) is 0 Å². The molecular formula is C12H18FN. The molecule has 0 amide bonds. The highest BCUT2D eigenvalue weighted by molar-refractivity contribution is 5.56. The van der Waals surface area contributed by atoms with E-state index in [2.05, 4.69) is 0 Å². The van der Waals surface area contributed by atoms with Crippen molar-refractivity contribution >= 4 is 5.69 Å². The summed E-state index contributed by atoms with van der Waals surface area (Å²) < 4.78 is 13.3. The van der Waals surface area contributed by atoms with Gasteiger partial charge in [0, 0.05) is 5.69 Å². The van der Waals surface area contributed by atoms with Crippen LogP contribution in [-0.4, -0.2) is 0 Å². The van der Waals surface area contributed by atoms with Crippen LogP contribution < -0.4 is 5.73 Å². The molecule has 1 nitrogen and oxygen atoms in total. The highest BCUT2D eigenvalue weighted by Crippen LogP contribution is 2.30. The summed E-state index contributed by atoms with van der Waals surface area (Å²) in [6.07, 6.45) is 0. The van der Waals surface area contributed by atoms with Crippen molar-refractivity contribution < 1.29 is 4.39 Å². The number of hydrogen-bond donors (Lipinski definition) is 1. The number of halogens is 1. The summed E-state index contributed by atoms with van der Waals surface area (Å²) in [7, 11) is 0. The smallest absolute Gasteiger partial charge is 0.123 e. The second-order valence-electron chi connectivity index (χ2n) is 4.31. The minimum atomic E-state index is -0.188. The summed E-state index contributed by atoms with van der Waals surface area (Å²) in [6.45, 7) is 8.09. The molecule has 0 bridgehead atoms. The standard InChI is InChI=1S/C12H18FN/c1-7(2)10-5-9(13)6-11(8(3)4)12(10)14/h5-8H,14H2,1-4H3. The van der Waals surface area contributed by atoms with Crippen molar-refractivity contribution in [1.82, 2.24) is 0 Å². The predicted molar refractivity (Wildman–Crippen MR) is 59.0 cm³/mol. The van der Waals surface area contributed by atoms with Crippen LogP contribution in [0.4, 0.5) is 10.1 Å². The molecule has 0 saturated heterocycles. The van der Waals surface area contributed by atoms with Crippen molar-refractivity contribution in [3.8, 4) is 0 Å². The largest absolute Gasteiger partial charge is 0.398 e. The molecule has 0 aliphatic rings. The number of nitrogens with two attached hydrogens (primary N) is 1. The Morgan fingerprint density at radius 3 is 1.64 bits per heavy atom. The van der Waals surface area contributed by atoms with Gasteiger partial charge in [-0.2, -0.15) is 0 Å². The van der Waals surface area contributed by atoms with Gasteiger partial charge in [-0.25, -0.2) is 4.39 Å². The number of nitrogen functional groups attached to an aromatic ring is 1. The van der Waals surface area contributed by atoms with Gasteiger partial charge in [0.1, 0.15) is 5.82 Å². The van der Waals surface area contributed by atoms with Gasteiger partial charge >= 0.3 is 0 Å². The van der Waals surface area contributed by atoms with E-state index in [4.69, 9.17) is 5.73 Å². The van der Waals surface area contributed by atoms with Gasteiger partial charge in [-0.3, -0.25) is 0 Å². The van der Waals surface area contributed by atoms with Crippen molar-refractivity contribution in [3.63, 3.8) is 0 Å². The van der Waals surface area contributed by atoms with Crippen molar-refractivity contribution in [1.29, 1.82) is 0 Å². The molecule has 0 radical (unpaired) electrons. The van der Waals surface area contributed by atoms with Crippen molar-refractivity contribution in [2.75, 3.05) is 5.73 Å². The molecule has 0 aliphatic heterocycles. The third kappa shape index (κ3) is 2.06. The summed E-state index contributed by atoms with van der Waals surface area (Å²) in [4.78, 5) is 0. The first-order valence-electron chi connectivity index (χ1n) is 5.02. The zero-order valence-electron chi connectivity index (χ0n) is 9.26. The van der Waals surface area contributed by atoms with Crippen LogP contribution in [0.25, 0.3) is 0 Å². The molecule has 0 unspecified atom stereocenters. The Labute approximate surface area is 85.1 Å². The third-order valence-corrected chi connectivity index (χ3v) is 2.45. The topological polar surface area (TPSA) is 26.0 Å². The van der Waals surface area contributed by atoms with Crippen LogP contribution in [0, 0.1) is 5.82 Å². The fourth-order valence-electron chi connectivity index (χ4n) is 1.62. The molecule has 0 saturated carbocycles. The van der Waals surface area contributed by atoms with E-state index in [0.29, 0.717) is 0 Å². The summed E-state index contributed by atoms with van der Waals surface area (Å²) in [6, 6.07) is 3.07. The van der Waals surface area contributed by atoms with Gasteiger partial charge in [-0.1, -0.05) is 27.7 Å². The molecule has 1 aromatic rings. The second kappa shape index (κ2) is 3.99. The van der Waals surface area contributed by atoms with E-state index in [9.17, 15) is 4.39 Å². The summed E-state index contributed by atoms with van der Waals surface area (Å²) in [5.74, 6) is 0.345. The Bertz CT molecular complexity index is 300. The first-order chi connectivity index (χ1) is 6.43. The van der Waals surface area contributed by atoms with E-state index < -0.39 is 0 Å². The molecule has 0 atom stereocenters. The van der Waals surface area contributed by atoms with Gasteiger partial charge in [0.15, 0.2) is 0 Å². The van der Waals surface area contributed by atoms with E-state index in [1.54, 1.807) is 0 Å². The van der Waals surface area contributed by atoms with Gasteiger partial charge in [0.05, 0.1) is 0 Å². The average Bonchev–Trinajstić information content (AvgIpc) is 2.07. The molecule has 1 aromatic carbocycles. The Hall–Kier alpha value is -1.05. The van der Waals surface area contributed by atoms with Gasteiger partial charge in [-0.05, 0) is 35.1 Å². The van der Waals surface area contributed by atoms with Crippen LogP contribution in [0.3, 0.4) is 0 Å². The summed E-state index contributed by atoms with van der Waals surface area (Å²) in [5, 5.41) is 0. The van der Waals surface area contributed by atoms with Crippen LogP contribution in [0.1, 0.15) is 50.7 Å². The van der Waals surface area contributed by atoms with E-state index in [1.807, 2.05) is 27.7 Å². The highest BCUT2D eigenvalue weighted by Gasteiger charge is 2.12. The van der Waals surface area contributed by atoms with E-state index in [-0.39, 0.29) is 17.7 Å². The monoisotopic (exact) mass is 195 g/mol. The van der Waals surface area contributed by atoms with Gasteiger partial charge in [-0.15, -0.1) is 0 Å². The molecule has 2 N–H and O–H groups in total. The maximum Gasteiger partial charge on any atom is 0.123 e. The summed E-state index contributed by atoms with van der Waals surface area (Å²) >= 11 is 0. The maximum absolute atomic E-state index is 13.3. The van der Waals surface area contributed by atoms with E-state index in [1.165, 1.54) is 12.1 Å². The highest BCUT2D eigenvalue weighted by atomic mass is 19.1. The Kier molecular flexibility index (Phi) is 3.14. The maximum atomic E-state index is 13.3. The van der Waals surface area contributed by atoms with Crippen LogP contribution in [0.15, 0.2) is 12.1 Å². The predicted octanol–water partition coefficient (Wildman–Crippen LogP) is 3.65. The second-order valence-corrected chi connectivity index (χ2v) is 4.31. The fourth-order valence-corrected chi connectivity index (χ4v) is 1.62. The third-order valence-electron chi connectivity index (χ3n) is 2.45. The Morgan fingerprint density at radius 1 is 1.00 bits per heavy atom. The van der Waals surface area contributed by atoms with Crippen molar-refractivity contribution in [3.05, 3.63) is 29.1 Å². The summed E-state index contributed by atoms with van der Waals surface area (Å²) in [5.41, 5.74) is 8.56. The zero-order valence-corrected chi connectivity index (χ0v) is 9.26. The fraction of sp³-hybridized carbons (Fsp3) is 0.500. The van der Waals surface area contributed by atoms with Crippen LogP contribution >= 0.6 is 0 Å². The average molecular weight is 195 g/mol. The lowest BCUT2D eigenvalue weighted by atomic mass is 9.93. The van der Waals surface area contributed by atoms with E-state index in [0.717, 1.165) is 16.8 Å². The lowest BCUT2D eigenvalue weighted by Gasteiger charge is -2.16. The first-order valence-corrected chi connectivity index (χ1v) is 5.02. The molecule has 0 aromatic heterocycles. The minimum absolute atomic E-state index is 0.188. The van der Waals surface area contributed by atoms with Gasteiger partial charge < -0.3 is 5.73 Å². The minimum Gasteiger partial charge on any atom is -0.398 e. The first kappa shape index (κ1) is 11.0. The molecule has 0 heterocycles. The van der Waals surface area contributed by atoms with E-state index >= 15 is 0 Å². The number of anilines is 1. The van der Waals surface area contributed by atoms with Crippen LogP contribution in [0.2, 0.25) is 0 Å². The SMILES string of the molecule is CC(C)c1cc(F)cc(C(C)C)c1N. The molecule has 2 heteroatoms. The molecule has 0 fully saturated rings. The molecule has 14 heavy (non-hydrogen) atoms. The quantitative estimate of drug-likeness (QED) is 0.716. The van der Waals surface area contributed by atoms with Crippen LogP contribution in [0.5, 0.6) is 0 Å². The molecule has 1 rings (SSSR count). The molecular weight excluding hydrogens is 177 g/mol. The Balaban J connectivity index is 3.32. The molecule has 78 valence electrons. The number of hydrogen-bond acceptors (Lipinski definition) is 1. The molecule has 0 spiro atoms. The zero-order chi connectivity index (χ0) is 10.9. The Morgan fingerprint density at radius 2 is 1.36 bits per heavy atom. The molecule has 0 aliphatic carbocycles.